The molecule has 0 atom stereocenters. The van der Waals surface area contributed by atoms with Crippen LogP contribution in [0.1, 0.15) is 1.43 Å². The van der Waals surface area contributed by atoms with E-state index in [-0.39, 0.29) is 87.7 Å². The largest absolute Gasteiger partial charge is 1.00 e. The predicted octanol–water partition coefficient (Wildman–Crippen LogP) is -3.82. The number of phosphoric acid groups is 1. The van der Waals surface area contributed by atoms with Crippen molar-refractivity contribution in [2.75, 3.05) is 0 Å². The maximum atomic E-state index is 8.88. The summed E-state index contributed by atoms with van der Waals surface area (Å²) in [6.45, 7) is 0. The van der Waals surface area contributed by atoms with Crippen molar-refractivity contribution in [2.24, 2.45) is 0 Å². The van der Waals surface area contributed by atoms with E-state index < -0.39 is 7.82 Å². The van der Waals surface area contributed by atoms with Gasteiger partial charge in [-0.2, -0.15) is 0 Å². The van der Waals surface area contributed by atoms with Gasteiger partial charge in [0, 0.05) is 67.4 Å². The molecule has 0 aliphatic heterocycles. The fourth-order valence-electron chi connectivity index (χ4n) is 0. The summed E-state index contributed by atoms with van der Waals surface area (Å²) in [7, 11) is -4.64. The van der Waals surface area contributed by atoms with Crippen LogP contribution in [-0.4, -0.2) is 14.7 Å². The summed E-state index contributed by atoms with van der Waals surface area (Å²) < 4.78 is 8.88. The topological polar surface area (TPSA) is 77.8 Å². The van der Waals surface area contributed by atoms with Gasteiger partial charge >= 0.3 is 26.7 Å². The molecule has 0 bridgehead atoms. The van der Waals surface area contributed by atoms with Gasteiger partial charge in [-0.25, -0.2) is 4.57 Å². The number of hydrogen-bond donors (Lipinski definition) is 3. The molecule has 0 aliphatic rings. The van der Waals surface area contributed by atoms with E-state index in [2.05, 4.69) is 0 Å². The molecule has 68 valence electrons. The van der Waals surface area contributed by atoms with Crippen molar-refractivity contribution < 1.29 is 107 Å². The molecule has 0 aromatic heterocycles. The van der Waals surface area contributed by atoms with Crippen LogP contribution in [0.15, 0.2) is 0 Å². The molecule has 4 nitrogen and oxygen atoms in total. The van der Waals surface area contributed by atoms with E-state index in [0.29, 0.717) is 0 Å². The van der Waals surface area contributed by atoms with Crippen LogP contribution >= 0.6 is 7.82 Å². The summed E-state index contributed by atoms with van der Waals surface area (Å²) in [6, 6.07) is 0. The Bertz CT molecular complexity index is 76.2. The maximum absolute atomic E-state index is 8.88. The third-order valence-electron chi connectivity index (χ3n) is 0. The third kappa shape index (κ3) is 135. The van der Waals surface area contributed by atoms with Gasteiger partial charge in [0.15, 0.2) is 0 Å². The van der Waals surface area contributed by atoms with Crippen molar-refractivity contribution >= 4 is 7.82 Å². The Morgan fingerprint density at radius 3 is 1.20 bits per heavy atom. The van der Waals surface area contributed by atoms with Gasteiger partial charge in [0.1, 0.15) is 0 Å². The van der Waals surface area contributed by atoms with Gasteiger partial charge in [0.05, 0.1) is 0 Å². The second-order valence-corrected chi connectivity index (χ2v) is 1.54. The van der Waals surface area contributed by atoms with Crippen LogP contribution in [0.25, 0.3) is 0 Å². The summed E-state index contributed by atoms with van der Waals surface area (Å²) in [5.74, 6) is 0. The summed E-state index contributed by atoms with van der Waals surface area (Å²) in [5, 5.41) is 0. The fraction of sp³-hybridized carbons (Fsp3) is 0. The molecule has 0 aromatic rings. The Morgan fingerprint density at radius 2 is 1.20 bits per heavy atom. The van der Waals surface area contributed by atoms with Gasteiger partial charge in [-0.05, 0) is 0 Å². The molecule has 0 rings (SSSR count). The van der Waals surface area contributed by atoms with Crippen LogP contribution in [0, 0.1) is 0 Å². The van der Waals surface area contributed by atoms with Crippen LogP contribution in [-0.2, 0) is 72.0 Å². The molecular weight excluding hydrogens is 330 g/mol. The Balaban J connectivity index is -0.00000000533. The average Bonchev–Trinajstić information content (AvgIpc) is 0.722. The van der Waals surface area contributed by atoms with Crippen LogP contribution in [0.3, 0.4) is 0 Å². The quantitative estimate of drug-likeness (QED) is 0.313. The van der Waals surface area contributed by atoms with Gasteiger partial charge in [0.2, 0.25) is 0 Å². The van der Waals surface area contributed by atoms with E-state index in [9.17, 15) is 0 Å². The first-order valence-electron chi connectivity index (χ1n) is 0.783. The van der Waals surface area contributed by atoms with Gasteiger partial charge in [-0.15, -0.1) is 0 Å². The van der Waals surface area contributed by atoms with Gasteiger partial charge in [0.25, 0.3) is 0 Å². The van der Waals surface area contributed by atoms with Crippen LogP contribution in [0.5, 0.6) is 0 Å². The SMILES string of the molecule is O=P(O)(O)O.[Co].[Fe].[H-].[Li+].[Mn].[Ni]. The number of rotatable bonds is 0. The molecule has 0 aromatic carbocycles. The second kappa shape index (κ2) is 17.7. The van der Waals surface area contributed by atoms with Crippen molar-refractivity contribution in [2.45, 2.75) is 0 Å². The van der Waals surface area contributed by atoms with E-state index in [4.69, 9.17) is 19.2 Å². The molecule has 0 aliphatic carbocycles. The van der Waals surface area contributed by atoms with E-state index in [1.807, 2.05) is 0 Å². The van der Waals surface area contributed by atoms with E-state index in [1.165, 1.54) is 0 Å². The molecule has 0 unspecified atom stereocenters. The Morgan fingerprint density at radius 1 is 1.20 bits per heavy atom. The maximum Gasteiger partial charge on any atom is 1.00 e. The fourth-order valence-corrected chi connectivity index (χ4v) is 0. The first-order valence-corrected chi connectivity index (χ1v) is 2.35. The van der Waals surface area contributed by atoms with Gasteiger partial charge < -0.3 is 16.1 Å². The molecule has 2 radical (unpaired) electrons. The summed E-state index contributed by atoms with van der Waals surface area (Å²) in [6.07, 6.45) is 0. The molecular formula is H4CoFeLiMnNiO4P. The van der Waals surface area contributed by atoms with Crippen LogP contribution in [0.2, 0.25) is 0 Å². The van der Waals surface area contributed by atoms with Gasteiger partial charge in [-0.3, -0.25) is 0 Å². The molecule has 0 saturated heterocycles. The Hall–Kier alpha value is 2.75. The molecule has 0 spiro atoms. The summed E-state index contributed by atoms with van der Waals surface area (Å²) in [4.78, 5) is 21.6. The third-order valence-corrected chi connectivity index (χ3v) is 0. The first-order chi connectivity index (χ1) is 2.00. The van der Waals surface area contributed by atoms with Crippen molar-refractivity contribution in [1.82, 2.24) is 0 Å². The second-order valence-electron chi connectivity index (χ2n) is 0.513. The molecule has 3 N–H and O–H groups in total. The molecule has 0 saturated carbocycles. The Labute approximate surface area is 114 Å². The predicted molar refractivity (Wildman–Crippen MR) is 15.4 cm³/mol. The first kappa shape index (κ1) is 38.6. The van der Waals surface area contributed by atoms with E-state index in [0.717, 1.165) is 0 Å². The van der Waals surface area contributed by atoms with Crippen LogP contribution in [0.4, 0.5) is 0 Å². The standard InChI is InChI=1S/Co.Fe.Li.Mn.Ni.H3O4P.H/c;;;;;1-5(2,3)4;/h;;;;;(H3,1,2,3,4);/q;;+1;;;;-1. The zero-order chi connectivity index (χ0) is 4.50. The monoisotopic (exact) mass is 334 g/mol. The molecule has 0 amide bonds. The minimum Gasteiger partial charge on any atom is -1.00 e. The van der Waals surface area contributed by atoms with Crippen molar-refractivity contribution in [1.29, 1.82) is 0 Å². The molecule has 0 heterocycles. The zero-order valence-corrected chi connectivity index (χ0v) is 9.79. The molecule has 10 heteroatoms. The minimum absolute atomic E-state index is 0. The van der Waals surface area contributed by atoms with E-state index >= 15 is 0 Å². The minimum atomic E-state index is -4.64. The van der Waals surface area contributed by atoms with Gasteiger partial charge in [-0.1, -0.05) is 0 Å². The average molecular weight is 334 g/mol. The zero-order valence-electron chi connectivity index (χ0n) is 5.58. The van der Waals surface area contributed by atoms with Crippen molar-refractivity contribution in [3.8, 4) is 0 Å². The normalized spacial score (nSPS) is 5.90. The molecule has 10 heavy (non-hydrogen) atoms. The summed E-state index contributed by atoms with van der Waals surface area (Å²) in [5.41, 5.74) is 0. The van der Waals surface area contributed by atoms with Crippen molar-refractivity contribution in [3.05, 3.63) is 0 Å². The Kier molecular flexibility index (Phi) is 68.5. The molecule has 0 fully saturated rings. The smallest absolute Gasteiger partial charge is 1.00 e. The number of hydrogen-bond acceptors (Lipinski definition) is 1. The van der Waals surface area contributed by atoms with E-state index in [1.54, 1.807) is 0 Å². The van der Waals surface area contributed by atoms with Crippen molar-refractivity contribution in [3.63, 3.8) is 0 Å². The van der Waals surface area contributed by atoms with Crippen LogP contribution < -0.4 is 18.9 Å². The summed E-state index contributed by atoms with van der Waals surface area (Å²) >= 11 is 0.